The summed E-state index contributed by atoms with van der Waals surface area (Å²) >= 11 is 0. The molecule has 44 heavy (non-hydrogen) atoms. The van der Waals surface area contributed by atoms with Gasteiger partial charge in [0.15, 0.2) is 0 Å². The summed E-state index contributed by atoms with van der Waals surface area (Å²) in [5, 5.41) is 7.76. The Kier molecular flexibility index (Phi) is 6.22. The lowest BCUT2D eigenvalue weighted by Gasteiger charge is -2.35. The molecule has 2 aromatic carbocycles. The van der Waals surface area contributed by atoms with Crippen LogP contribution in [0.3, 0.4) is 0 Å². The molecule has 0 fully saturated rings. The van der Waals surface area contributed by atoms with E-state index < -0.39 is 0 Å². The van der Waals surface area contributed by atoms with E-state index in [0.29, 0.717) is 17.9 Å². The van der Waals surface area contributed by atoms with Gasteiger partial charge in [0.2, 0.25) is 0 Å². The SMILES string of the molecule is C1=CCCC(C2C=C(c3ccc(N4C5=C(CCC=C5)C5C=CC=CC54)cc3)NC(c3ccc4c(c3)OC3C=CC=CC43)N2)=C1. The van der Waals surface area contributed by atoms with E-state index in [9.17, 15) is 0 Å². The number of hydrogen-bond donors (Lipinski definition) is 2. The van der Waals surface area contributed by atoms with E-state index in [0.717, 1.165) is 31.4 Å². The molecule has 0 saturated carbocycles. The number of benzene rings is 2. The third kappa shape index (κ3) is 4.31. The number of hydrogen-bond acceptors (Lipinski definition) is 4. The Morgan fingerprint density at radius 3 is 2.52 bits per heavy atom. The Balaban J connectivity index is 1.03. The molecule has 0 bridgehead atoms. The first kappa shape index (κ1) is 25.9. The van der Waals surface area contributed by atoms with Gasteiger partial charge in [-0.05, 0) is 84.4 Å². The molecule has 218 valence electrons. The summed E-state index contributed by atoms with van der Waals surface area (Å²) in [5.41, 5.74) is 10.5. The molecule has 0 aromatic heterocycles. The largest absolute Gasteiger partial charge is 0.485 e. The molecule has 3 aliphatic heterocycles. The van der Waals surface area contributed by atoms with Crippen LogP contribution < -0.4 is 20.3 Å². The minimum atomic E-state index is -0.0345. The maximum Gasteiger partial charge on any atom is 0.128 e. The van der Waals surface area contributed by atoms with Crippen LogP contribution in [0.25, 0.3) is 5.70 Å². The van der Waals surface area contributed by atoms with Gasteiger partial charge in [-0.2, -0.15) is 0 Å². The number of ether oxygens (including phenoxy) is 1. The van der Waals surface area contributed by atoms with Crippen LogP contribution >= 0.6 is 0 Å². The first-order valence-electron chi connectivity index (χ1n) is 16.2. The van der Waals surface area contributed by atoms with Crippen molar-refractivity contribution in [3.63, 3.8) is 0 Å². The zero-order chi connectivity index (χ0) is 29.0. The Morgan fingerprint density at radius 2 is 1.64 bits per heavy atom. The van der Waals surface area contributed by atoms with Crippen LogP contribution in [0.5, 0.6) is 5.75 Å². The molecule has 4 aliphatic carbocycles. The summed E-state index contributed by atoms with van der Waals surface area (Å²) in [6.45, 7) is 0. The van der Waals surface area contributed by atoms with Gasteiger partial charge in [-0.25, -0.2) is 0 Å². The average Bonchev–Trinajstić information content (AvgIpc) is 3.64. The van der Waals surface area contributed by atoms with Crippen molar-refractivity contribution >= 4 is 11.4 Å². The molecule has 0 radical (unpaired) electrons. The van der Waals surface area contributed by atoms with Crippen LogP contribution in [0.2, 0.25) is 0 Å². The number of anilines is 1. The smallest absolute Gasteiger partial charge is 0.128 e. The van der Waals surface area contributed by atoms with Gasteiger partial charge in [0.25, 0.3) is 0 Å². The summed E-state index contributed by atoms with van der Waals surface area (Å²) in [4.78, 5) is 2.54. The molecule has 6 unspecified atom stereocenters. The fourth-order valence-electron chi connectivity index (χ4n) is 8.01. The molecule has 3 heterocycles. The van der Waals surface area contributed by atoms with Gasteiger partial charge < -0.3 is 15.0 Å². The monoisotopic (exact) mass is 575 g/mol. The number of rotatable bonds is 4. The molecule has 0 spiro atoms. The molecule has 2 aromatic rings. The first-order valence-corrected chi connectivity index (χ1v) is 16.2. The highest BCUT2D eigenvalue weighted by molar-refractivity contribution is 5.71. The molecule has 6 atom stereocenters. The predicted octanol–water partition coefficient (Wildman–Crippen LogP) is 8.07. The summed E-state index contributed by atoms with van der Waals surface area (Å²) in [6, 6.07) is 16.5. The van der Waals surface area contributed by atoms with Gasteiger partial charge in [-0.3, -0.25) is 5.32 Å². The second kappa shape index (κ2) is 10.6. The number of fused-ring (bicyclic) bond motifs is 5. The Hall–Kier alpha value is -4.54. The normalized spacial score (nSPS) is 30.7. The summed E-state index contributed by atoms with van der Waals surface area (Å²) in [6.07, 6.45) is 36.1. The van der Waals surface area contributed by atoms with Gasteiger partial charge in [0, 0.05) is 34.5 Å². The maximum atomic E-state index is 6.38. The minimum Gasteiger partial charge on any atom is -0.485 e. The molecule has 4 heteroatoms. The molecule has 4 nitrogen and oxygen atoms in total. The van der Waals surface area contributed by atoms with Crippen molar-refractivity contribution in [1.82, 2.24) is 10.6 Å². The lowest BCUT2D eigenvalue weighted by Crippen LogP contribution is -2.44. The van der Waals surface area contributed by atoms with E-state index in [4.69, 9.17) is 4.74 Å². The van der Waals surface area contributed by atoms with Gasteiger partial charge in [0.1, 0.15) is 18.0 Å². The molecule has 9 rings (SSSR count). The van der Waals surface area contributed by atoms with E-state index in [-0.39, 0.29) is 18.3 Å². The summed E-state index contributed by atoms with van der Waals surface area (Å²) in [7, 11) is 0. The lowest BCUT2D eigenvalue weighted by atomic mass is 9.87. The molecule has 2 N–H and O–H groups in total. The molecule has 0 saturated heterocycles. The first-order chi connectivity index (χ1) is 21.8. The fourth-order valence-corrected chi connectivity index (χ4v) is 8.01. The van der Waals surface area contributed by atoms with E-state index in [1.165, 1.54) is 39.3 Å². The molecular weight excluding hydrogens is 538 g/mol. The van der Waals surface area contributed by atoms with Crippen LogP contribution in [-0.4, -0.2) is 18.2 Å². The van der Waals surface area contributed by atoms with E-state index in [2.05, 4.69) is 143 Å². The second-order valence-corrected chi connectivity index (χ2v) is 12.7. The average molecular weight is 576 g/mol. The topological polar surface area (TPSA) is 36.5 Å². The van der Waals surface area contributed by atoms with Crippen LogP contribution in [0, 0.1) is 5.92 Å². The van der Waals surface area contributed by atoms with Crippen LogP contribution in [-0.2, 0) is 0 Å². The zero-order valence-corrected chi connectivity index (χ0v) is 24.8. The number of nitrogens with zero attached hydrogens (tertiary/aromatic N) is 1. The Morgan fingerprint density at radius 1 is 0.795 bits per heavy atom. The number of nitrogens with one attached hydrogen (secondary N) is 2. The van der Waals surface area contributed by atoms with Crippen molar-refractivity contribution < 1.29 is 4.74 Å². The van der Waals surface area contributed by atoms with E-state index >= 15 is 0 Å². The number of allylic oxidation sites excluding steroid dienone is 9. The Labute approximate surface area is 259 Å². The van der Waals surface area contributed by atoms with Gasteiger partial charge in [-0.1, -0.05) is 91.1 Å². The van der Waals surface area contributed by atoms with Crippen molar-refractivity contribution in [3.8, 4) is 5.75 Å². The highest BCUT2D eigenvalue weighted by atomic mass is 16.5. The van der Waals surface area contributed by atoms with Crippen molar-refractivity contribution in [2.45, 2.75) is 56.0 Å². The standard InChI is InChI=1S/C40H37N3O/c1-2-10-26(11-3-1)34-25-35(42-40(41-34)28-20-23-33-32-14-6-9-17-38(32)44-39(33)24-28)27-18-21-29(22-19-27)43-36-15-7-4-12-30(36)31-13-5-8-16-37(31)43/h1-2,4,6-10,12,14-25,30,32,34,36,38,40-42H,3,5,11,13H2. The predicted molar refractivity (Wildman–Crippen MR) is 179 cm³/mol. The zero-order valence-electron chi connectivity index (χ0n) is 24.8. The van der Waals surface area contributed by atoms with Crippen molar-refractivity contribution in [2.75, 3.05) is 4.90 Å². The molecular formula is C40H37N3O. The van der Waals surface area contributed by atoms with Gasteiger partial charge >= 0.3 is 0 Å². The van der Waals surface area contributed by atoms with E-state index in [1.807, 2.05) is 0 Å². The highest BCUT2D eigenvalue weighted by Gasteiger charge is 2.39. The van der Waals surface area contributed by atoms with Crippen LogP contribution in [0.1, 0.15) is 54.5 Å². The third-order valence-corrected chi connectivity index (χ3v) is 10.2. The minimum absolute atomic E-state index is 0.0345. The van der Waals surface area contributed by atoms with Gasteiger partial charge in [-0.15, -0.1) is 0 Å². The molecule has 0 amide bonds. The van der Waals surface area contributed by atoms with Crippen molar-refractivity contribution in [2.24, 2.45) is 5.92 Å². The van der Waals surface area contributed by atoms with Crippen LogP contribution in [0.4, 0.5) is 5.69 Å². The van der Waals surface area contributed by atoms with Gasteiger partial charge in [0.05, 0.1) is 12.1 Å². The van der Waals surface area contributed by atoms with Crippen molar-refractivity contribution in [1.29, 1.82) is 0 Å². The third-order valence-electron chi connectivity index (χ3n) is 10.2. The van der Waals surface area contributed by atoms with Crippen LogP contribution in [0.15, 0.2) is 144 Å². The van der Waals surface area contributed by atoms with E-state index in [1.54, 1.807) is 5.57 Å². The summed E-state index contributed by atoms with van der Waals surface area (Å²) < 4.78 is 6.38. The second-order valence-electron chi connectivity index (χ2n) is 12.7. The lowest BCUT2D eigenvalue weighted by molar-refractivity contribution is 0.268. The maximum absolute atomic E-state index is 6.38. The highest BCUT2D eigenvalue weighted by Crippen LogP contribution is 2.45. The quantitative estimate of drug-likeness (QED) is 0.387. The molecule has 7 aliphatic rings. The fraction of sp³-hybridized carbons (Fsp3) is 0.250. The summed E-state index contributed by atoms with van der Waals surface area (Å²) in [5.74, 6) is 1.77. The Bertz CT molecular complexity index is 1780. The van der Waals surface area contributed by atoms with Crippen molar-refractivity contribution in [3.05, 3.63) is 161 Å².